The van der Waals surface area contributed by atoms with Gasteiger partial charge in [0.2, 0.25) is 0 Å². The molecule has 3 heteroatoms. The van der Waals surface area contributed by atoms with Gasteiger partial charge >= 0.3 is 0 Å². The van der Waals surface area contributed by atoms with E-state index in [9.17, 15) is 0 Å². The number of rotatable bonds is 5. The summed E-state index contributed by atoms with van der Waals surface area (Å²) < 4.78 is 0. The van der Waals surface area contributed by atoms with Crippen molar-refractivity contribution in [1.82, 2.24) is 5.32 Å². The first-order valence-corrected chi connectivity index (χ1v) is 5.92. The molecule has 0 spiro atoms. The van der Waals surface area contributed by atoms with E-state index in [4.69, 9.17) is 5.11 Å². The Bertz CT molecular complexity index is 155. The number of aliphatic hydroxyl groups excluding tert-OH is 1. The summed E-state index contributed by atoms with van der Waals surface area (Å²) in [4.78, 5) is 0. The fraction of sp³-hybridized carbons (Fsp3) is 1.00. The van der Waals surface area contributed by atoms with Gasteiger partial charge in [-0.25, -0.2) is 0 Å². The van der Waals surface area contributed by atoms with Crippen molar-refractivity contribution >= 4 is 11.8 Å². The summed E-state index contributed by atoms with van der Waals surface area (Å²) in [6.07, 6.45) is 3.64. The summed E-state index contributed by atoms with van der Waals surface area (Å²) in [5, 5.41) is 12.4. The molecule has 0 unspecified atom stereocenters. The molecule has 1 aliphatic heterocycles. The van der Waals surface area contributed by atoms with E-state index in [1.165, 1.54) is 24.3 Å². The molecule has 0 aromatic carbocycles. The third-order valence-electron chi connectivity index (χ3n) is 3.00. The van der Waals surface area contributed by atoms with Gasteiger partial charge in [0.1, 0.15) is 0 Å². The van der Waals surface area contributed by atoms with Crippen LogP contribution in [0, 0.1) is 5.41 Å². The predicted octanol–water partition coefficient (Wildman–Crippen LogP) is 0.854. The van der Waals surface area contributed by atoms with Crippen molar-refractivity contribution in [2.75, 3.05) is 24.7 Å². The minimum Gasteiger partial charge on any atom is -0.396 e. The molecule has 12 heavy (non-hydrogen) atoms. The number of hydrogen-bond acceptors (Lipinski definition) is 3. The second-order valence-corrected chi connectivity index (χ2v) is 5.16. The second-order valence-electron chi connectivity index (χ2n) is 4.09. The summed E-state index contributed by atoms with van der Waals surface area (Å²) in [5.41, 5.74) is 0.495. The molecule has 2 aliphatic rings. The Morgan fingerprint density at radius 2 is 2.17 bits per heavy atom. The maximum absolute atomic E-state index is 8.85. The van der Waals surface area contributed by atoms with Crippen LogP contribution in [0.2, 0.25) is 0 Å². The van der Waals surface area contributed by atoms with Crippen LogP contribution in [0.25, 0.3) is 0 Å². The molecule has 1 aliphatic carbocycles. The Balaban J connectivity index is 1.64. The highest BCUT2D eigenvalue weighted by atomic mass is 32.2. The monoisotopic (exact) mass is 187 g/mol. The molecule has 0 radical (unpaired) electrons. The smallest absolute Gasteiger partial charge is 0.0436 e. The molecule has 1 saturated carbocycles. The minimum absolute atomic E-state index is 0.362. The van der Waals surface area contributed by atoms with Crippen molar-refractivity contribution < 1.29 is 5.11 Å². The molecule has 0 aromatic rings. The second kappa shape index (κ2) is 3.56. The van der Waals surface area contributed by atoms with Crippen LogP contribution in [-0.4, -0.2) is 35.8 Å². The molecular weight excluding hydrogens is 170 g/mol. The van der Waals surface area contributed by atoms with Crippen LogP contribution < -0.4 is 5.32 Å². The van der Waals surface area contributed by atoms with Gasteiger partial charge in [-0.05, 0) is 24.7 Å². The minimum atomic E-state index is 0.362. The van der Waals surface area contributed by atoms with Crippen LogP contribution in [0.4, 0.5) is 0 Å². The van der Waals surface area contributed by atoms with Crippen molar-refractivity contribution in [1.29, 1.82) is 0 Å². The molecule has 0 amide bonds. The number of hydrogen-bond donors (Lipinski definition) is 2. The van der Waals surface area contributed by atoms with Gasteiger partial charge < -0.3 is 10.4 Å². The van der Waals surface area contributed by atoms with Crippen molar-refractivity contribution in [3.8, 4) is 0 Å². The summed E-state index contributed by atoms with van der Waals surface area (Å²) >= 11 is 2.02. The van der Waals surface area contributed by atoms with E-state index in [-0.39, 0.29) is 0 Å². The quantitative estimate of drug-likeness (QED) is 0.669. The summed E-state index contributed by atoms with van der Waals surface area (Å²) in [5.74, 6) is 2.57. The van der Waals surface area contributed by atoms with Crippen LogP contribution in [0.3, 0.4) is 0 Å². The van der Waals surface area contributed by atoms with E-state index in [1.54, 1.807) is 0 Å². The SMILES string of the molecule is OCCC1(CNC2CSC2)CC1. The van der Waals surface area contributed by atoms with Crippen LogP contribution in [0.1, 0.15) is 19.3 Å². The van der Waals surface area contributed by atoms with Crippen LogP contribution in [-0.2, 0) is 0 Å². The van der Waals surface area contributed by atoms with Crippen molar-refractivity contribution in [3.05, 3.63) is 0 Å². The van der Waals surface area contributed by atoms with Gasteiger partial charge in [-0.2, -0.15) is 11.8 Å². The van der Waals surface area contributed by atoms with E-state index in [0.29, 0.717) is 12.0 Å². The Morgan fingerprint density at radius 3 is 2.58 bits per heavy atom. The van der Waals surface area contributed by atoms with Crippen molar-refractivity contribution in [2.24, 2.45) is 5.41 Å². The average Bonchev–Trinajstić information content (AvgIpc) is 2.67. The fourth-order valence-electron chi connectivity index (χ4n) is 1.64. The Hall–Kier alpha value is 0.270. The van der Waals surface area contributed by atoms with Gasteiger partial charge in [0.15, 0.2) is 0 Å². The Kier molecular flexibility index (Phi) is 2.63. The molecule has 2 fully saturated rings. The van der Waals surface area contributed by atoms with E-state index >= 15 is 0 Å². The molecule has 0 atom stereocenters. The molecular formula is C9H17NOS. The standard InChI is InChI=1S/C9H17NOS/c11-4-3-9(1-2-9)7-10-8-5-12-6-8/h8,10-11H,1-7H2. The van der Waals surface area contributed by atoms with Crippen molar-refractivity contribution in [3.63, 3.8) is 0 Å². The first-order valence-electron chi connectivity index (χ1n) is 4.77. The third kappa shape index (κ3) is 1.95. The lowest BCUT2D eigenvalue weighted by atomic mass is 10.0. The molecule has 2 rings (SSSR count). The zero-order valence-corrected chi connectivity index (χ0v) is 8.20. The van der Waals surface area contributed by atoms with Gasteiger partial charge in [0.25, 0.3) is 0 Å². The maximum atomic E-state index is 8.85. The Morgan fingerprint density at radius 1 is 1.42 bits per heavy atom. The Labute approximate surface area is 78.1 Å². The average molecular weight is 187 g/mol. The highest BCUT2D eigenvalue weighted by Crippen LogP contribution is 2.48. The van der Waals surface area contributed by atoms with Gasteiger partial charge in [-0.3, -0.25) is 0 Å². The number of aliphatic hydroxyl groups is 1. The maximum Gasteiger partial charge on any atom is 0.0436 e. The van der Waals surface area contributed by atoms with E-state index in [2.05, 4.69) is 5.32 Å². The summed E-state index contributed by atoms with van der Waals surface area (Å²) in [7, 11) is 0. The topological polar surface area (TPSA) is 32.3 Å². The van der Waals surface area contributed by atoms with Crippen LogP contribution in [0.15, 0.2) is 0 Å². The van der Waals surface area contributed by atoms with Gasteiger partial charge in [-0.1, -0.05) is 0 Å². The molecule has 2 nitrogen and oxygen atoms in total. The largest absolute Gasteiger partial charge is 0.396 e. The van der Waals surface area contributed by atoms with Crippen LogP contribution in [0.5, 0.6) is 0 Å². The molecule has 1 saturated heterocycles. The van der Waals surface area contributed by atoms with Crippen LogP contribution >= 0.6 is 11.8 Å². The van der Waals surface area contributed by atoms with E-state index < -0.39 is 0 Å². The van der Waals surface area contributed by atoms with Gasteiger partial charge in [-0.15, -0.1) is 0 Å². The zero-order valence-electron chi connectivity index (χ0n) is 7.38. The predicted molar refractivity (Wildman–Crippen MR) is 52.5 cm³/mol. The fourth-order valence-corrected chi connectivity index (χ4v) is 2.35. The molecule has 0 aromatic heterocycles. The van der Waals surface area contributed by atoms with Crippen molar-refractivity contribution in [2.45, 2.75) is 25.3 Å². The zero-order chi connectivity index (χ0) is 8.44. The van der Waals surface area contributed by atoms with E-state index in [0.717, 1.165) is 19.0 Å². The number of nitrogens with one attached hydrogen (secondary N) is 1. The first-order chi connectivity index (χ1) is 5.85. The van der Waals surface area contributed by atoms with Gasteiger partial charge in [0.05, 0.1) is 0 Å². The lowest BCUT2D eigenvalue weighted by molar-refractivity contribution is 0.243. The summed E-state index contributed by atoms with van der Waals surface area (Å²) in [6, 6.07) is 0.770. The molecule has 0 bridgehead atoms. The normalized spacial score (nSPS) is 26.8. The summed E-state index contributed by atoms with van der Waals surface area (Å²) in [6.45, 7) is 1.50. The highest BCUT2D eigenvalue weighted by Gasteiger charge is 2.41. The lowest BCUT2D eigenvalue weighted by Crippen LogP contribution is -2.43. The molecule has 70 valence electrons. The first kappa shape index (κ1) is 8.85. The molecule has 1 heterocycles. The lowest BCUT2D eigenvalue weighted by Gasteiger charge is -2.28. The molecule has 2 N–H and O–H groups in total. The van der Waals surface area contributed by atoms with Gasteiger partial charge in [0, 0.05) is 30.7 Å². The van der Waals surface area contributed by atoms with E-state index in [1.807, 2.05) is 11.8 Å². The number of thioether (sulfide) groups is 1. The highest BCUT2D eigenvalue weighted by molar-refractivity contribution is 8.00. The third-order valence-corrected chi connectivity index (χ3v) is 4.28.